The van der Waals surface area contributed by atoms with Crippen molar-refractivity contribution < 1.29 is 28.6 Å². The van der Waals surface area contributed by atoms with Crippen molar-refractivity contribution in [3.05, 3.63) is 0 Å². The lowest BCUT2D eigenvalue weighted by molar-refractivity contribution is -0.167. The Hall–Kier alpha value is -1.59. The van der Waals surface area contributed by atoms with Gasteiger partial charge < -0.3 is 14.2 Å². The van der Waals surface area contributed by atoms with E-state index in [9.17, 15) is 14.4 Å². The van der Waals surface area contributed by atoms with Crippen molar-refractivity contribution in [3.8, 4) is 0 Å². The van der Waals surface area contributed by atoms with Gasteiger partial charge in [-0.1, -0.05) is 279 Å². The van der Waals surface area contributed by atoms with Crippen LogP contribution >= 0.6 is 0 Å². The Kier molecular flexibility index (Phi) is 48.1. The predicted octanol–water partition coefficient (Wildman–Crippen LogP) is 18.7. The van der Waals surface area contributed by atoms with E-state index in [-0.39, 0.29) is 31.1 Å². The van der Waals surface area contributed by atoms with Crippen molar-refractivity contribution in [2.24, 2.45) is 17.8 Å². The Morgan fingerprint density at radius 1 is 0.312 bits per heavy atom. The summed E-state index contributed by atoms with van der Waals surface area (Å²) >= 11 is 0. The normalized spacial score (nSPS) is 12.6. The first kappa shape index (κ1) is 62.4. The molecule has 6 heteroatoms. The van der Waals surface area contributed by atoms with Gasteiger partial charge in [0.25, 0.3) is 0 Å². The molecule has 0 heterocycles. The van der Waals surface area contributed by atoms with Crippen molar-refractivity contribution in [2.75, 3.05) is 13.2 Å². The lowest BCUT2D eigenvalue weighted by Gasteiger charge is -2.18. The van der Waals surface area contributed by atoms with Crippen molar-refractivity contribution in [3.63, 3.8) is 0 Å². The highest BCUT2D eigenvalue weighted by molar-refractivity contribution is 5.71. The summed E-state index contributed by atoms with van der Waals surface area (Å²) in [6, 6.07) is 0. The fraction of sp³-hybridized carbons (Fsp3) is 0.948. The summed E-state index contributed by atoms with van der Waals surface area (Å²) in [4.78, 5) is 38.1. The van der Waals surface area contributed by atoms with Crippen LogP contribution in [0.3, 0.4) is 0 Å². The lowest BCUT2D eigenvalue weighted by atomic mass is 10.00. The lowest BCUT2D eigenvalue weighted by Crippen LogP contribution is -2.30. The van der Waals surface area contributed by atoms with Crippen LogP contribution in [0.25, 0.3) is 0 Å². The number of carbonyl (C=O) groups is 3. The van der Waals surface area contributed by atoms with Gasteiger partial charge in [0, 0.05) is 19.3 Å². The van der Waals surface area contributed by atoms with Gasteiger partial charge in [0.15, 0.2) is 6.10 Å². The Bertz CT molecular complexity index is 993. The quantitative estimate of drug-likeness (QED) is 0.0344. The third-order valence-corrected chi connectivity index (χ3v) is 13.5. The van der Waals surface area contributed by atoms with Crippen LogP contribution < -0.4 is 0 Å². The van der Waals surface area contributed by atoms with E-state index >= 15 is 0 Å². The standard InChI is InChI=1S/C58H112O6/c1-7-54(6)46-40-34-30-31-36-42-48-57(60)63-51-55(64-58(61)49-43-37-29-25-21-17-13-9-11-15-19-23-27-33-39-45-53(4)5)50-62-56(59)47-41-35-28-24-20-16-12-8-10-14-18-22-26-32-38-44-52(2)3/h52-55H,7-51H2,1-6H3/t54?,55-/m0/s1. The van der Waals surface area contributed by atoms with Gasteiger partial charge in [-0.05, 0) is 37.0 Å². The zero-order chi connectivity index (χ0) is 47.0. The molecule has 0 fully saturated rings. The van der Waals surface area contributed by atoms with E-state index in [1.54, 1.807) is 0 Å². The van der Waals surface area contributed by atoms with E-state index in [1.807, 2.05) is 0 Å². The van der Waals surface area contributed by atoms with Gasteiger partial charge in [-0.3, -0.25) is 14.4 Å². The molecule has 0 saturated carbocycles. The molecule has 1 unspecified atom stereocenters. The van der Waals surface area contributed by atoms with Crippen molar-refractivity contribution in [1.82, 2.24) is 0 Å². The van der Waals surface area contributed by atoms with Crippen molar-refractivity contribution >= 4 is 17.9 Å². The zero-order valence-electron chi connectivity index (χ0n) is 44.1. The maximum atomic E-state index is 12.8. The first-order valence-corrected chi connectivity index (χ1v) is 28.6. The number of ether oxygens (including phenoxy) is 3. The third kappa shape index (κ3) is 49.8. The van der Waals surface area contributed by atoms with Crippen molar-refractivity contribution in [1.29, 1.82) is 0 Å². The van der Waals surface area contributed by atoms with Crippen LogP contribution in [0, 0.1) is 17.8 Å². The first-order chi connectivity index (χ1) is 31.1. The van der Waals surface area contributed by atoms with Gasteiger partial charge in [-0.25, -0.2) is 0 Å². The molecule has 2 atom stereocenters. The van der Waals surface area contributed by atoms with Gasteiger partial charge in [0.1, 0.15) is 13.2 Å². The molecule has 0 spiro atoms. The highest BCUT2D eigenvalue weighted by Gasteiger charge is 2.19. The molecule has 380 valence electrons. The molecule has 0 amide bonds. The first-order valence-electron chi connectivity index (χ1n) is 28.6. The molecular formula is C58H112O6. The molecule has 0 aromatic rings. The highest BCUT2D eigenvalue weighted by Crippen LogP contribution is 2.19. The zero-order valence-corrected chi connectivity index (χ0v) is 44.1. The van der Waals surface area contributed by atoms with Crippen LogP contribution in [0.4, 0.5) is 0 Å². The summed E-state index contributed by atoms with van der Waals surface area (Å²) in [7, 11) is 0. The maximum absolute atomic E-state index is 12.8. The fourth-order valence-corrected chi connectivity index (χ4v) is 8.79. The van der Waals surface area contributed by atoms with E-state index in [1.165, 1.54) is 199 Å². The average Bonchev–Trinajstić information content (AvgIpc) is 3.27. The second kappa shape index (κ2) is 49.3. The Balaban J connectivity index is 4.25. The van der Waals surface area contributed by atoms with Gasteiger partial charge >= 0.3 is 17.9 Å². The van der Waals surface area contributed by atoms with E-state index in [0.717, 1.165) is 75.5 Å². The average molecular weight is 906 g/mol. The number of carbonyl (C=O) groups excluding carboxylic acids is 3. The Morgan fingerprint density at radius 2 is 0.547 bits per heavy atom. The van der Waals surface area contributed by atoms with Crippen LogP contribution in [0.5, 0.6) is 0 Å². The summed E-state index contributed by atoms with van der Waals surface area (Å²) in [5.74, 6) is 1.66. The number of esters is 3. The smallest absolute Gasteiger partial charge is 0.306 e. The molecule has 0 aliphatic carbocycles. The predicted molar refractivity (Wildman–Crippen MR) is 275 cm³/mol. The fourth-order valence-electron chi connectivity index (χ4n) is 8.79. The molecule has 0 N–H and O–H groups in total. The third-order valence-electron chi connectivity index (χ3n) is 13.5. The largest absolute Gasteiger partial charge is 0.462 e. The van der Waals surface area contributed by atoms with Crippen LogP contribution in [0.15, 0.2) is 0 Å². The molecule has 0 aromatic heterocycles. The number of hydrogen-bond acceptors (Lipinski definition) is 6. The van der Waals surface area contributed by atoms with Gasteiger partial charge in [0.2, 0.25) is 0 Å². The minimum atomic E-state index is -0.764. The molecular weight excluding hydrogens is 793 g/mol. The summed E-state index contributed by atoms with van der Waals surface area (Å²) < 4.78 is 16.9. The van der Waals surface area contributed by atoms with Crippen molar-refractivity contribution in [2.45, 2.75) is 324 Å². The SMILES string of the molecule is CCC(C)CCCCCCCCC(=O)OC[C@H](COC(=O)CCCCCCCCCCCCCCCCCC(C)C)OC(=O)CCCCCCCCCCCCCCCCCC(C)C. The minimum absolute atomic E-state index is 0.0642. The molecule has 0 aromatic carbocycles. The molecule has 0 radical (unpaired) electrons. The van der Waals surface area contributed by atoms with Gasteiger partial charge in [-0.15, -0.1) is 0 Å². The second-order valence-corrected chi connectivity index (χ2v) is 21.1. The Labute approximate surface area is 399 Å². The number of hydrogen-bond donors (Lipinski definition) is 0. The van der Waals surface area contributed by atoms with E-state index < -0.39 is 6.10 Å². The van der Waals surface area contributed by atoms with Gasteiger partial charge in [0.05, 0.1) is 0 Å². The van der Waals surface area contributed by atoms with Crippen LogP contribution in [0.1, 0.15) is 318 Å². The summed E-state index contributed by atoms with van der Waals surface area (Å²) in [6.07, 6.45) is 51.0. The maximum Gasteiger partial charge on any atom is 0.306 e. The highest BCUT2D eigenvalue weighted by atomic mass is 16.6. The summed E-state index contributed by atoms with van der Waals surface area (Å²) in [5, 5.41) is 0. The molecule has 6 nitrogen and oxygen atoms in total. The summed E-state index contributed by atoms with van der Waals surface area (Å²) in [6.45, 7) is 13.7. The second-order valence-electron chi connectivity index (χ2n) is 21.1. The van der Waals surface area contributed by atoms with Crippen LogP contribution in [0.2, 0.25) is 0 Å². The van der Waals surface area contributed by atoms with Crippen LogP contribution in [-0.4, -0.2) is 37.2 Å². The molecule has 64 heavy (non-hydrogen) atoms. The van der Waals surface area contributed by atoms with E-state index in [0.29, 0.717) is 19.3 Å². The molecule has 0 aliphatic rings. The minimum Gasteiger partial charge on any atom is -0.462 e. The molecule has 0 rings (SSSR count). The van der Waals surface area contributed by atoms with E-state index in [4.69, 9.17) is 14.2 Å². The van der Waals surface area contributed by atoms with Crippen LogP contribution in [-0.2, 0) is 28.6 Å². The molecule has 0 bridgehead atoms. The monoisotopic (exact) mass is 905 g/mol. The van der Waals surface area contributed by atoms with E-state index in [2.05, 4.69) is 41.5 Å². The van der Waals surface area contributed by atoms with Gasteiger partial charge in [-0.2, -0.15) is 0 Å². The molecule has 0 aliphatic heterocycles. The topological polar surface area (TPSA) is 78.9 Å². The number of unbranched alkanes of at least 4 members (excludes halogenated alkanes) is 33. The molecule has 0 saturated heterocycles. The summed E-state index contributed by atoms with van der Waals surface area (Å²) in [5.41, 5.74) is 0. The number of rotatable bonds is 51. The Morgan fingerprint density at radius 3 is 0.812 bits per heavy atom.